The Labute approximate surface area is 127 Å². The summed E-state index contributed by atoms with van der Waals surface area (Å²) < 4.78 is 53.8. The van der Waals surface area contributed by atoms with Gasteiger partial charge in [-0.05, 0) is 17.7 Å². The molecule has 1 aromatic carbocycles. The van der Waals surface area contributed by atoms with Crippen LogP contribution < -0.4 is 0 Å². The van der Waals surface area contributed by atoms with Crippen LogP contribution in [0, 0.1) is 5.82 Å². The number of nitrogens with zero attached hydrogens (tertiary/aromatic N) is 3. The normalized spacial score (nSPS) is 21.2. The van der Waals surface area contributed by atoms with E-state index in [0.29, 0.717) is 11.1 Å². The van der Waals surface area contributed by atoms with Crippen LogP contribution in [-0.4, -0.2) is 32.6 Å². The predicted molar refractivity (Wildman–Crippen MR) is 71.8 cm³/mol. The van der Waals surface area contributed by atoms with Crippen LogP contribution in [0.4, 0.5) is 17.6 Å². The van der Waals surface area contributed by atoms with Crippen LogP contribution in [-0.2, 0) is 11.9 Å². The van der Waals surface area contributed by atoms with Gasteiger partial charge >= 0.3 is 12.0 Å². The van der Waals surface area contributed by atoms with E-state index in [4.69, 9.17) is 0 Å². The van der Waals surface area contributed by atoms with Crippen molar-refractivity contribution in [3.63, 3.8) is 0 Å². The molecule has 1 aliphatic heterocycles. The van der Waals surface area contributed by atoms with Crippen molar-refractivity contribution < 1.29 is 27.5 Å². The molecule has 1 N–H and O–H groups in total. The van der Waals surface area contributed by atoms with Crippen LogP contribution in [0.3, 0.4) is 0 Å². The Morgan fingerprint density at radius 3 is 2.57 bits per heavy atom. The lowest BCUT2D eigenvalue weighted by Crippen LogP contribution is -2.45. The molecule has 0 amide bonds. The van der Waals surface area contributed by atoms with Gasteiger partial charge in [0.2, 0.25) is 0 Å². The second-order valence-corrected chi connectivity index (χ2v) is 5.19. The van der Waals surface area contributed by atoms with Gasteiger partial charge in [-0.2, -0.15) is 18.3 Å². The number of aromatic nitrogens is 2. The van der Waals surface area contributed by atoms with E-state index in [-0.39, 0.29) is 11.3 Å². The smallest absolute Gasteiger partial charge is 0.350 e. The Balaban J connectivity index is 1.88. The maximum Gasteiger partial charge on any atom is 0.458 e. The fourth-order valence-electron chi connectivity index (χ4n) is 2.22. The Kier molecular flexibility index (Phi) is 3.40. The summed E-state index contributed by atoms with van der Waals surface area (Å²) in [5, 5.41) is 16.5. The van der Waals surface area contributed by atoms with Crippen molar-refractivity contribution in [1.82, 2.24) is 9.78 Å². The zero-order valence-electron chi connectivity index (χ0n) is 11.8. The molecule has 9 heteroatoms. The van der Waals surface area contributed by atoms with Crippen molar-refractivity contribution in [3.05, 3.63) is 42.0 Å². The maximum atomic E-state index is 14.2. The van der Waals surface area contributed by atoms with Gasteiger partial charge < -0.3 is 9.94 Å². The van der Waals surface area contributed by atoms with Crippen molar-refractivity contribution in [2.24, 2.45) is 12.2 Å². The summed E-state index contributed by atoms with van der Waals surface area (Å²) in [5.74, 6) is -4.18. The van der Waals surface area contributed by atoms with Crippen LogP contribution in [0.15, 0.2) is 35.7 Å². The molecule has 0 saturated heterocycles. The van der Waals surface area contributed by atoms with Crippen molar-refractivity contribution >= 4 is 5.71 Å². The lowest BCUT2D eigenvalue weighted by atomic mass is 9.99. The minimum absolute atomic E-state index is 0.155. The van der Waals surface area contributed by atoms with Gasteiger partial charge in [-0.1, -0.05) is 11.2 Å². The highest BCUT2D eigenvalue weighted by atomic mass is 19.4. The second-order valence-electron chi connectivity index (χ2n) is 5.19. The van der Waals surface area contributed by atoms with Gasteiger partial charge in [-0.15, -0.1) is 0 Å². The van der Waals surface area contributed by atoms with Gasteiger partial charge in [-0.25, -0.2) is 4.39 Å². The molecule has 3 rings (SSSR count). The molecule has 0 aliphatic carbocycles. The quantitative estimate of drug-likeness (QED) is 0.862. The summed E-state index contributed by atoms with van der Waals surface area (Å²) >= 11 is 0. The molecule has 1 aromatic heterocycles. The van der Waals surface area contributed by atoms with Gasteiger partial charge in [0.05, 0.1) is 18.3 Å². The fraction of sp³-hybridized carbons (Fsp3) is 0.286. The first kappa shape index (κ1) is 15.5. The molecule has 0 spiro atoms. The number of alkyl halides is 3. The first-order chi connectivity index (χ1) is 10.7. The third-order valence-corrected chi connectivity index (χ3v) is 3.48. The molecule has 0 bridgehead atoms. The van der Waals surface area contributed by atoms with Crippen LogP contribution in [0.25, 0.3) is 11.1 Å². The number of hydrogen-bond acceptors (Lipinski definition) is 4. The fourth-order valence-corrected chi connectivity index (χ4v) is 2.22. The highest BCUT2D eigenvalue weighted by molar-refractivity contribution is 6.02. The Hall–Kier alpha value is -2.42. The number of rotatable bonds is 2. The zero-order chi connectivity index (χ0) is 16.8. The highest BCUT2D eigenvalue weighted by Crippen LogP contribution is 2.39. The van der Waals surface area contributed by atoms with Gasteiger partial charge in [0.25, 0.3) is 0 Å². The van der Waals surface area contributed by atoms with Gasteiger partial charge in [0, 0.05) is 24.4 Å². The second kappa shape index (κ2) is 5.05. The van der Waals surface area contributed by atoms with E-state index in [2.05, 4.69) is 15.1 Å². The summed E-state index contributed by atoms with van der Waals surface area (Å²) in [7, 11) is 1.71. The average molecular weight is 329 g/mol. The highest BCUT2D eigenvalue weighted by Gasteiger charge is 2.60. The lowest BCUT2D eigenvalue weighted by molar-refractivity contribution is -0.355. The molecule has 1 aliphatic rings. The summed E-state index contributed by atoms with van der Waals surface area (Å²) in [5.41, 5.74) is 0.720. The molecule has 122 valence electrons. The minimum atomic E-state index is -5.02. The molecule has 0 saturated carbocycles. The summed E-state index contributed by atoms with van der Waals surface area (Å²) in [6.07, 6.45) is -2.79. The summed E-state index contributed by atoms with van der Waals surface area (Å²) in [6.45, 7) is 0. The van der Waals surface area contributed by atoms with E-state index in [1.54, 1.807) is 17.9 Å². The van der Waals surface area contributed by atoms with Gasteiger partial charge in [0.15, 0.2) is 0 Å². The van der Waals surface area contributed by atoms with Gasteiger partial charge in [-0.3, -0.25) is 4.68 Å². The Bertz CT molecular complexity index is 785. The minimum Gasteiger partial charge on any atom is -0.350 e. The number of aryl methyl sites for hydroxylation is 1. The number of hydrogen-bond donors (Lipinski definition) is 1. The van der Waals surface area contributed by atoms with Crippen LogP contribution in [0.1, 0.15) is 12.0 Å². The van der Waals surface area contributed by atoms with E-state index in [9.17, 15) is 22.7 Å². The lowest BCUT2D eigenvalue weighted by Gasteiger charge is -2.22. The number of oxime groups is 1. The number of benzene rings is 1. The molecule has 1 atom stereocenters. The summed E-state index contributed by atoms with van der Waals surface area (Å²) in [4.78, 5) is 4.08. The molecule has 2 aromatic rings. The summed E-state index contributed by atoms with van der Waals surface area (Å²) in [6, 6.07) is 3.99. The van der Waals surface area contributed by atoms with Gasteiger partial charge in [0.1, 0.15) is 5.82 Å². The topological polar surface area (TPSA) is 59.6 Å². The monoisotopic (exact) mass is 329 g/mol. The van der Waals surface area contributed by atoms with Crippen LogP contribution in [0.2, 0.25) is 0 Å². The molecule has 1 unspecified atom stereocenters. The van der Waals surface area contributed by atoms with E-state index in [0.717, 1.165) is 0 Å². The standard InChI is InChI=1S/C14H11F4N3O2/c1-21-7-9(6-19-21)8-2-3-10(11(15)4-8)12-5-13(22,23-20-12)14(16,17)18/h2-4,6-7,22H,5H2,1H3. The first-order valence-corrected chi connectivity index (χ1v) is 6.53. The van der Waals surface area contributed by atoms with E-state index in [1.165, 1.54) is 24.4 Å². The zero-order valence-corrected chi connectivity index (χ0v) is 11.8. The molecular weight excluding hydrogens is 318 g/mol. The Morgan fingerprint density at radius 1 is 1.30 bits per heavy atom. The van der Waals surface area contributed by atoms with Crippen molar-refractivity contribution in [2.75, 3.05) is 0 Å². The largest absolute Gasteiger partial charge is 0.458 e. The average Bonchev–Trinajstić information content (AvgIpc) is 3.05. The SMILES string of the molecule is Cn1cc(-c2ccc(C3=NOC(O)(C(F)(F)F)C3)c(F)c2)cn1. The molecule has 23 heavy (non-hydrogen) atoms. The third-order valence-electron chi connectivity index (χ3n) is 3.48. The predicted octanol–water partition coefficient (Wildman–Crippen LogP) is 2.60. The number of aliphatic hydroxyl groups is 1. The van der Waals surface area contributed by atoms with Crippen LogP contribution in [0.5, 0.6) is 0 Å². The molecule has 0 fully saturated rings. The van der Waals surface area contributed by atoms with E-state index >= 15 is 0 Å². The Morgan fingerprint density at radius 2 is 2.04 bits per heavy atom. The maximum absolute atomic E-state index is 14.2. The first-order valence-electron chi connectivity index (χ1n) is 6.53. The van der Waals surface area contributed by atoms with E-state index < -0.39 is 24.2 Å². The third kappa shape index (κ3) is 2.67. The van der Waals surface area contributed by atoms with Crippen molar-refractivity contribution in [2.45, 2.75) is 18.4 Å². The van der Waals surface area contributed by atoms with Crippen molar-refractivity contribution in [3.8, 4) is 11.1 Å². The molecule has 2 heterocycles. The van der Waals surface area contributed by atoms with Crippen molar-refractivity contribution in [1.29, 1.82) is 0 Å². The molecule has 0 radical (unpaired) electrons. The van der Waals surface area contributed by atoms with Crippen LogP contribution >= 0.6 is 0 Å². The van der Waals surface area contributed by atoms with E-state index in [1.807, 2.05) is 0 Å². The molecular formula is C14H11F4N3O2. The molecule has 5 nitrogen and oxygen atoms in total. The number of halogens is 4.